The highest BCUT2D eigenvalue weighted by molar-refractivity contribution is 4.24. The molecule has 0 aromatic rings. The van der Waals surface area contributed by atoms with Gasteiger partial charge in [-0.2, -0.15) is 0 Å². The molecule has 0 aromatic heterocycles. The first kappa shape index (κ1) is 5.88. The van der Waals surface area contributed by atoms with E-state index >= 15 is 0 Å². The number of hydrogen-bond donors (Lipinski definition) is 1. The first-order valence-electron chi connectivity index (χ1n) is 1.74. The summed E-state index contributed by atoms with van der Waals surface area (Å²) < 4.78 is 0. The standard InChI is InChI=1S/C3H8O3/c1-3(2)5-6-4/h3-4H,1-2H3. The van der Waals surface area contributed by atoms with Gasteiger partial charge in [-0.3, -0.25) is 0 Å². The molecular weight excluding hydrogens is 84.0 g/mol. The molecule has 3 heteroatoms. The Morgan fingerprint density at radius 1 is 1.50 bits per heavy atom. The fraction of sp³-hybridized carbons (Fsp3) is 1.00. The Kier molecular flexibility index (Phi) is 3.02. The Morgan fingerprint density at radius 2 is 2.00 bits per heavy atom. The summed E-state index contributed by atoms with van der Waals surface area (Å²) in [5.74, 6) is 0. The van der Waals surface area contributed by atoms with E-state index in [1.807, 2.05) is 0 Å². The molecule has 0 bridgehead atoms. The van der Waals surface area contributed by atoms with Crippen LogP contribution in [0.3, 0.4) is 0 Å². The van der Waals surface area contributed by atoms with Crippen LogP contribution in [0.15, 0.2) is 0 Å². The minimum absolute atomic E-state index is 0.0741. The van der Waals surface area contributed by atoms with Crippen molar-refractivity contribution in [3.8, 4) is 0 Å². The first-order valence-corrected chi connectivity index (χ1v) is 1.74. The predicted octanol–water partition coefficient (Wildman–Crippen LogP) is 0.816. The summed E-state index contributed by atoms with van der Waals surface area (Å²) in [6, 6.07) is 0. The van der Waals surface area contributed by atoms with Crippen molar-refractivity contribution in [2.24, 2.45) is 0 Å². The van der Waals surface area contributed by atoms with E-state index in [9.17, 15) is 0 Å². The zero-order chi connectivity index (χ0) is 4.99. The zero-order valence-electron chi connectivity index (χ0n) is 3.84. The number of rotatable bonds is 2. The fourth-order valence-electron chi connectivity index (χ4n) is 0.0861. The highest BCUT2D eigenvalue weighted by Gasteiger charge is 1.87. The van der Waals surface area contributed by atoms with E-state index in [0.29, 0.717) is 0 Å². The van der Waals surface area contributed by atoms with Crippen LogP contribution in [-0.4, -0.2) is 11.4 Å². The van der Waals surface area contributed by atoms with Gasteiger partial charge in [0.1, 0.15) is 0 Å². The van der Waals surface area contributed by atoms with Crippen molar-refractivity contribution in [2.75, 3.05) is 0 Å². The average molecular weight is 92.1 g/mol. The van der Waals surface area contributed by atoms with Gasteiger partial charge in [-0.1, -0.05) is 5.04 Å². The van der Waals surface area contributed by atoms with Crippen LogP contribution in [0, 0.1) is 0 Å². The molecule has 0 atom stereocenters. The van der Waals surface area contributed by atoms with E-state index < -0.39 is 0 Å². The van der Waals surface area contributed by atoms with Crippen molar-refractivity contribution >= 4 is 0 Å². The molecule has 0 rings (SSSR count). The van der Waals surface area contributed by atoms with Gasteiger partial charge < -0.3 is 0 Å². The lowest BCUT2D eigenvalue weighted by molar-refractivity contribution is -0.502. The molecule has 0 unspecified atom stereocenters. The molecule has 0 spiro atoms. The molecule has 0 fully saturated rings. The Bertz CT molecular complexity index is 27.2. The molecule has 6 heavy (non-hydrogen) atoms. The monoisotopic (exact) mass is 92.0 g/mol. The molecule has 0 aliphatic carbocycles. The van der Waals surface area contributed by atoms with Gasteiger partial charge in [-0.15, -0.1) is 0 Å². The second-order valence-corrected chi connectivity index (χ2v) is 1.22. The summed E-state index contributed by atoms with van der Waals surface area (Å²) in [6.45, 7) is 3.49. The lowest BCUT2D eigenvalue weighted by Gasteiger charge is -1.96. The van der Waals surface area contributed by atoms with Gasteiger partial charge in [-0.05, 0) is 13.8 Å². The Morgan fingerprint density at radius 3 is 2.00 bits per heavy atom. The van der Waals surface area contributed by atoms with Gasteiger partial charge in [-0.25, -0.2) is 10.1 Å². The van der Waals surface area contributed by atoms with Gasteiger partial charge >= 0.3 is 0 Å². The summed E-state index contributed by atoms with van der Waals surface area (Å²) in [4.78, 5) is 4.10. The van der Waals surface area contributed by atoms with Crippen LogP contribution in [-0.2, 0) is 9.93 Å². The van der Waals surface area contributed by atoms with Crippen molar-refractivity contribution in [2.45, 2.75) is 20.0 Å². The van der Waals surface area contributed by atoms with Crippen LogP contribution in [0.4, 0.5) is 0 Å². The Balaban J connectivity index is 2.63. The SMILES string of the molecule is CC(C)OOO. The van der Waals surface area contributed by atoms with Crippen LogP contribution in [0.25, 0.3) is 0 Å². The summed E-state index contributed by atoms with van der Waals surface area (Å²) in [6.07, 6.45) is -0.0741. The molecule has 0 radical (unpaired) electrons. The molecular formula is C3H8O3. The van der Waals surface area contributed by atoms with E-state index in [2.05, 4.69) is 9.93 Å². The van der Waals surface area contributed by atoms with E-state index in [0.717, 1.165) is 0 Å². The first-order chi connectivity index (χ1) is 2.77. The zero-order valence-corrected chi connectivity index (χ0v) is 3.84. The van der Waals surface area contributed by atoms with Crippen molar-refractivity contribution < 1.29 is 15.2 Å². The molecule has 38 valence electrons. The van der Waals surface area contributed by atoms with Gasteiger partial charge in [0.05, 0.1) is 6.10 Å². The molecule has 0 saturated carbocycles. The van der Waals surface area contributed by atoms with Gasteiger partial charge in [0.25, 0.3) is 0 Å². The van der Waals surface area contributed by atoms with Gasteiger partial charge in [0.15, 0.2) is 0 Å². The Hall–Kier alpha value is -0.120. The molecule has 0 heterocycles. The summed E-state index contributed by atoms with van der Waals surface area (Å²) in [7, 11) is 0. The van der Waals surface area contributed by atoms with Crippen LogP contribution in [0.2, 0.25) is 0 Å². The van der Waals surface area contributed by atoms with Crippen molar-refractivity contribution in [3.05, 3.63) is 0 Å². The van der Waals surface area contributed by atoms with Crippen LogP contribution >= 0.6 is 0 Å². The van der Waals surface area contributed by atoms with Crippen molar-refractivity contribution in [1.82, 2.24) is 0 Å². The van der Waals surface area contributed by atoms with Crippen LogP contribution < -0.4 is 0 Å². The highest BCUT2D eigenvalue weighted by atomic mass is 17.5. The molecule has 0 saturated heterocycles. The van der Waals surface area contributed by atoms with Gasteiger partial charge in [0, 0.05) is 0 Å². The maximum Gasteiger partial charge on any atom is 0.0905 e. The average Bonchev–Trinajstić information content (AvgIpc) is 1.35. The van der Waals surface area contributed by atoms with Crippen LogP contribution in [0.1, 0.15) is 13.8 Å². The minimum atomic E-state index is -0.0741. The van der Waals surface area contributed by atoms with Crippen molar-refractivity contribution in [1.29, 1.82) is 0 Å². The maximum atomic E-state index is 7.51. The molecule has 0 aromatic carbocycles. The summed E-state index contributed by atoms with van der Waals surface area (Å²) >= 11 is 0. The lowest BCUT2D eigenvalue weighted by Crippen LogP contribution is -1.99. The molecule has 0 aliphatic heterocycles. The quantitative estimate of drug-likeness (QED) is 0.404. The maximum absolute atomic E-state index is 7.51. The molecule has 3 nitrogen and oxygen atoms in total. The van der Waals surface area contributed by atoms with Crippen LogP contribution in [0.5, 0.6) is 0 Å². The molecule has 1 N–H and O–H groups in total. The van der Waals surface area contributed by atoms with E-state index in [-0.39, 0.29) is 6.10 Å². The van der Waals surface area contributed by atoms with E-state index in [4.69, 9.17) is 5.26 Å². The lowest BCUT2D eigenvalue weighted by atomic mass is 10.5. The number of hydrogen-bond acceptors (Lipinski definition) is 3. The van der Waals surface area contributed by atoms with Gasteiger partial charge in [0.2, 0.25) is 0 Å². The third kappa shape index (κ3) is 3.88. The summed E-state index contributed by atoms with van der Waals surface area (Å²) in [5, 5.41) is 10.8. The van der Waals surface area contributed by atoms with E-state index in [1.165, 1.54) is 0 Å². The highest BCUT2D eigenvalue weighted by Crippen LogP contribution is 1.83. The smallest absolute Gasteiger partial charge is 0.0905 e. The largest absolute Gasteiger partial charge is 0.221 e. The third-order valence-electron chi connectivity index (χ3n) is 0.235. The normalized spacial score (nSPS) is 10.0. The van der Waals surface area contributed by atoms with Crippen molar-refractivity contribution in [3.63, 3.8) is 0 Å². The Labute approximate surface area is 36.3 Å². The fourth-order valence-corrected chi connectivity index (χ4v) is 0.0861. The minimum Gasteiger partial charge on any atom is -0.221 e. The second-order valence-electron chi connectivity index (χ2n) is 1.22. The predicted molar refractivity (Wildman–Crippen MR) is 19.9 cm³/mol. The molecule has 0 aliphatic rings. The topological polar surface area (TPSA) is 38.7 Å². The summed E-state index contributed by atoms with van der Waals surface area (Å²) in [5.41, 5.74) is 0. The third-order valence-corrected chi connectivity index (χ3v) is 0.235. The van der Waals surface area contributed by atoms with E-state index in [1.54, 1.807) is 13.8 Å². The second kappa shape index (κ2) is 3.08. The molecule has 0 amide bonds.